The number of hydrogen-bond donors (Lipinski definition) is 3. The predicted molar refractivity (Wildman–Crippen MR) is 103 cm³/mol. The van der Waals surface area contributed by atoms with Crippen LogP contribution >= 0.6 is 0 Å². The van der Waals surface area contributed by atoms with Crippen LogP contribution in [-0.4, -0.2) is 17.5 Å². The van der Waals surface area contributed by atoms with Gasteiger partial charge in [-0.2, -0.15) is 0 Å². The number of urea groups is 1. The largest absolute Gasteiger partial charge is 0.320 e. The highest BCUT2D eigenvalue weighted by Gasteiger charge is 2.34. The lowest BCUT2D eigenvalue weighted by atomic mass is 9.98. The van der Waals surface area contributed by atoms with Crippen LogP contribution < -0.4 is 16.4 Å². The van der Waals surface area contributed by atoms with Gasteiger partial charge in [0.2, 0.25) is 0 Å². The first kappa shape index (κ1) is 21.7. The maximum absolute atomic E-state index is 12.1. The Bertz CT molecular complexity index is 423. The van der Waals surface area contributed by atoms with E-state index in [0.29, 0.717) is 6.42 Å². The molecule has 1 aliphatic rings. The van der Waals surface area contributed by atoms with Crippen molar-refractivity contribution in [3.05, 3.63) is 12.3 Å². The van der Waals surface area contributed by atoms with Gasteiger partial charge in [-0.25, -0.2) is 4.79 Å². The van der Waals surface area contributed by atoms with Crippen LogP contribution in [0.4, 0.5) is 4.79 Å². The van der Waals surface area contributed by atoms with Crippen LogP contribution in [0, 0.1) is 0 Å². The van der Waals surface area contributed by atoms with Crippen LogP contribution in [0.1, 0.15) is 96.8 Å². The summed E-state index contributed by atoms with van der Waals surface area (Å²) in [7, 11) is 0. The van der Waals surface area contributed by atoms with E-state index in [9.17, 15) is 9.59 Å². The van der Waals surface area contributed by atoms with Gasteiger partial charge < -0.3 is 10.6 Å². The molecular weight excluding hydrogens is 314 g/mol. The van der Waals surface area contributed by atoms with Crippen LogP contribution in [0.25, 0.3) is 0 Å². The minimum Gasteiger partial charge on any atom is -0.315 e. The van der Waals surface area contributed by atoms with Gasteiger partial charge in [0, 0.05) is 12.6 Å². The maximum Gasteiger partial charge on any atom is 0.320 e. The number of Topliss-reactive ketones (excluding diaryl/α,β-unsaturated/α-hetero) is 1. The molecule has 0 spiro atoms. The van der Waals surface area contributed by atoms with Gasteiger partial charge in [0.25, 0.3) is 0 Å². The summed E-state index contributed by atoms with van der Waals surface area (Å²) in [5.41, 5.74) is 4.60. The van der Waals surface area contributed by atoms with Crippen molar-refractivity contribution in [3.8, 4) is 0 Å². The number of carbonyl (C=O) groups excluding carboxylic acids is 2. The van der Waals surface area contributed by atoms with Crippen molar-refractivity contribution in [3.63, 3.8) is 0 Å². The van der Waals surface area contributed by atoms with E-state index >= 15 is 0 Å². The summed E-state index contributed by atoms with van der Waals surface area (Å²) in [5, 5.41) is 4.93. The fraction of sp³-hybridized carbons (Fsp3) is 0.800. The quantitative estimate of drug-likeness (QED) is 0.379. The summed E-state index contributed by atoms with van der Waals surface area (Å²) in [6, 6.07) is -0.427. The summed E-state index contributed by atoms with van der Waals surface area (Å²) in [6.45, 7) is 2.26. The molecule has 5 nitrogen and oxygen atoms in total. The van der Waals surface area contributed by atoms with Gasteiger partial charge in [0.05, 0.1) is 0 Å². The van der Waals surface area contributed by atoms with Gasteiger partial charge in [-0.15, -0.1) is 0 Å². The fourth-order valence-electron chi connectivity index (χ4n) is 3.19. The Hall–Kier alpha value is -1.36. The van der Waals surface area contributed by atoms with E-state index < -0.39 is 11.7 Å². The average Bonchev–Trinajstić information content (AvgIpc) is 2.58. The molecule has 0 bridgehead atoms. The van der Waals surface area contributed by atoms with Crippen molar-refractivity contribution in [2.45, 2.75) is 102 Å². The van der Waals surface area contributed by atoms with Gasteiger partial charge in [0.1, 0.15) is 0 Å². The van der Waals surface area contributed by atoms with Gasteiger partial charge >= 0.3 is 6.03 Å². The SMILES string of the molecule is CCCCCCCCCCCCCCCC(=O)C1(N)C=CNC(=O)N1. The molecule has 0 radical (unpaired) electrons. The zero-order chi connectivity index (χ0) is 18.4. The number of hydrogen-bond acceptors (Lipinski definition) is 3. The number of nitrogens with one attached hydrogen (secondary N) is 2. The second kappa shape index (κ2) is 12.9. The van der Waals surface area contributed by atoms with Crippen molar-refractivity contribution in [1.29, 1.82) is 0 Å². The molecule has 0 saturated carbocycles. The standard InChI is InChI=1S/C20H37N3O2/c1-2-3-4-5-6-7-8-9-10-11-12-13-14-15-18(24)20(21)16-17-22-19(25)23-20/h16-17H,2-15,21H2,1H3,(H2,22,23,25). The Kier molecular flexibility index (Phi) is 11.2. The third-order valence-corrected chi connectivity index (χ3v) is 4.85. The van der Waals surface area contributed by atoms with Crippen molar-refractivity contribution < 1.29 is 9.59 Å². The highest BCUT2D eigenvalue weighted by Crippen LogP contribution is 2.14. The van der Waals surface area contributed by atoms with Crippen LogP contribution in [-0.2, 0) is 4.79 Å². The minimum absolute atomic E-state index is 0.123. The zero-order valence-electron chi connectivity index (χ0n) is 15.9. The number of ketones is 1. The molecular formula is C20H37N3O2. The van der Waals surface area contributed by atoms with E-state index in [-0.39, 0.29) is 5.78 Å². The summed E-state index contributed by atoms with van der Waals surface area (Å²) in [4.78, 5) is 23.4. The van der Waals surface area contributed by atoms with E-state index in [1.54, 1.807) is 0 Å². The summed E-state index contributed by atoms with van der Waals surface area (Å²) < 4.78 is 0. The second-order valence-corrected chi connectivity index (χ2v) is 7.22. The van der Waals surface area contributed by atoms with Gasteiger partial charge in [-0.1, -0.05) is 84.0 Å². The molecule has 0 aromatic carbocycles. The van der Waals surface area contributed by atoms with E-state index in [2.05, 4.69) is 17.6 Å². The first-order valence-corrected chi connectivity index (χ1v) is 10.2. The van der Waals surface area contributed by atoms with Gasteiger partial charge in [-0.3, -0.25) is 10.5 Å². The van der Waals surface area contributed by atoms with Crippen LogP contribution in [0.5, 0.6) is 0 Å². The minimum atomic E-state index is -1.33. The molecule has 0 saturated heterocycles. The van der Waals surface area contributed by atoms with Crippen molar-refractivity contribution >= 4 is 11.8 Å². The molecule has 0 fully saturated rings. The molecule has 144 valence electrons. The lowest BCUT2D eigenvalue weighted by Gasteiger charge is -2.28. The van der Waals surface area contributed by atoms with Crippen molar-refractivity contribution in [2.24, 2.45) is 5.73 Å². The molecule has 5 heteroatoms. The molecule has 4 N–H and O–H groups in total. The lowest BCUT2D eigenvalue weighted by molar-refractivity contribution is -0.123. The molecule has 1 atom stereocenters. The highest BCUT2D eigenvalue weighted by molar-refractivity contribution is 5.95. The van der Waals surface area contributed by atoms with Crippen molar-refractivity contribution in [1.82, 2.24) is 10.6 Å². The monoisotopic (exact) mass is 351 g/mol. The number of rotatable bonds is 15. The van der Waals surface area contributed by atoms with E-state index in [1.165, 1.54) is 82.9 Å². The van der Waals surface area contributed by atoms with E-state index in [1.807, 2.05) is 0 Å². The van der Waals surface area contributed by atoms with Crippen LogP contribution in [0.15, 0.2) is 12.3 Å². The Labute approximate surface area is 153 Å². The third-order valence-electron chi connectivity index (χ3n) is 4.85. The van der Waals surface area contributed by atoms with Crippen LogP contribution in [0.2, 0.25) is 0 Å². The molecule has 1 aliphatic heterocycles. The average molecular weight is 352 g/mol. The summed E-state index contributed by atoms with van der Waals surface area (Å²) in [5.74, 6) is -0.123. The zero-order valence-corrected chi connectivity index (χ0v) is 15.9. The normalized spacial score (nSPS) is 19.5. The number of unbranched alkanes of at least 4 members (excludes halogenated alkanes) is 12. The Balaban J connectivity index is 1.92. The van der Waals surface area contributed by atoms with Gasteiger partial charge in [-0.05, 0) is 12.5 Å². The smallest absolute Gasteiger partial charge is 0.315 e. The number of amides is 2. The van der Waals surface area contributed by atoms with Gasteiger partial charge in [0.15, 0.2) is 11.4 Å². The molecule has 1 heterocycles. The molecule has 0 aromatic rings. The first-order valence-electron chi connectivity index (χ1n) is 10.2. The van der Waals surface area contributed by atoms with Crippen molar-refractivity contribution in [2.75, 3.05) is 0 Å². The summed E-state index contributed by atoms with van der Waals surface area (Å²) >= 11 is 0. The first-order chi connectivity index (χ1) is 12.1. The lowest BCUT2D eigenvalue weighted by Crippen LogP contribution is -2.64. The molecule has 2 amide bonds. The molecule has 1 unspecified atom stereocenters. The molecule has 25 heavy (non-hydrogen) atoms. The predicted octanol–water partition coefficient (Wildman–Crippen LogP) is 4.52. The summed E-state index contributed by atoms with van der Waals surface area (Å²) in [6.07, 6.45) is 19.9. The number of carbonyl (C=O) groups is 2. The topological polar surface area (TPSA) is 84.2 Å². The third kappa shape index (κ3) is 9.63. The number of nitrogens with two attached hydrogens (primary N) is 1. The Morgan fingerprint density at radius 1 is 0.920 bits per heavy atom. The van der Waals surface area contributed by atoms with Crippen LogP contribution in [0.3, 0.4) is 0 Å². The molecule has 1 rings (SSSR count). The molecule has 0 aliphatic carbocycles. The Morgan fingerprint density at radius 2 is 1.40 bits per heavy atom. The second-order valence-electron chi connectivity index (χ2n) is 7.22. The van der Waals surface area contributed by atoms with E-state index in [4.69, 9.17) is 5.73 Å². The van der Waals surface area contributed by atoms with E-state index in [0.717, 1.165) is 12.8 Å². The highest BCUT2D eigenvalue weighted by atomic mass is 16.2. The Morgan fingerprint density at radius 3 is 1.88 bits per heavy atom. The maximum atomic E-state index is 12.1. The fourth-order valence-corrected chi connectivity index (χ4v) is 3.19. The molecule has 0 aromatic heterocycles.